The maximum Gasteiger partial charge on any atom is 0.240 e. The first-order valence-electron chi connectivity index (χ1n) is 8.03. The number of hydrogen-bond donors (Lipinski definition) is 1. The quantitative estimate of drug-likeness (QED) is 0.910. The van der Waals surface area contributed by atoms with Gasteiger partial charge in [-0.25, -0.2) is 13.1 Å². The van der Waals surface area contributed by atoms with Gasteiger partial charge in [-0.1, -0.05) is 38.2 Å². The second-order valence-corrected chi connectivity index (χ2v) is 7.91. The minimum Gasteiger partial charge on any atom is -0.214 e. The van der Waals surface area contributed by atoms with Crippen molar-refractivity contribution in [3.8, 4) is 5.69 Å². The van der Waals surface area contributed by atoms with E-state index in [2.05, 4.69) is 14.9 Å². The molecule has 124 valence electrons. The topological polar surface area (TPSA) is 76.9 Å². The molecular formula is C16H22N4O2S. The van der Waals surface area contributed by atoms with Crippen LogP contribution in [0.25, 0.3) is 5.69 Å². The van der Waals surface area contributed by atoms with Gasteiger partial charge in [-0.15, -0.1) is 0 Å². The van der Waals surface area contributed by atoms with Crippen LogP contribution < -0.4 is 4.72 Å². The van der Waals surface area contributed by atoms with Gasteiger partial charge in [-0.2, -0.15) is 15.0 Å². The number of sulfonamides is 1. The SMILES string of the molecule is CNS(=O)(=O)c1ccc(CC2CCCCC2)c(-n2nccn2)c1. The van der Waals surface area contributed by atoms with E-state index in [-0.39, 0.29) is 4.90 Å². The fourth-order valence-electron chi connectivity index (χ4n) is 3.23. The average molecular weight is 334 g/mol. The number of nitrogens with zero attached hydrogens (tertiary/aromatic N) is 3. The molecule has 1 aromatic carbocycles. The second kappa shape index (κ2) is 6.80. The summed E-state index contributed by atoms with van der Waals surface area (Å²) in [4.78, 5) is 1.74. The van der Waals surface area contributed by atoms with Crippen LogP contribution >= 0.6 is 0 Å². The van der Waals surface area contributed by atoms with E-state index >= 15 is 0 Å². The van der Waals surface area contributed by atoms with Crippen molar-refractivity contribution < 1.29 is 8.42 Å². The molecule has 6 nitrogen and oxygen atoms in total. The van der Waals surface area contributed by atoms with E-state index in [0.29, 0.717) is 5.92 Å². The first-order valence-corrected chi connectivity index (χ1v) is 9.51. The van der Waals surface area contributed by atoms with Gasteiger partial charge in [0.15, 0.2) is 0 Å². The summed E-state index contributed by atoms with van der Waals surface area (Å²) >= 11 is 0. The lowest BCUT2D eigenvalue weighted by atomic mass is 9.84. The van der Waals surface area contributed by atoms with Crippen molar-refractivity contribution in [3.63, 3.8) is 0 Å². The van der Waals surface area contributed by atoms with Crippen molar-refractivity contribution in [2.24, 2.45) is 5.92 Å². The first-order chi connectivity index (χ1) is 11.1. The third-order valence-corrected chi connectivity index (χ3v) is 5.92. The smallest absolute Gasteiger partial charge is 0.214 e. The third-order valence-electron chi connectivity index (χ3n) is 4.50. The van der Waals surface area contributed by atoms with E-state index in [1.54, 1.807) is 24.5 Å². The van der Waals surface area contributed by atoms with Gasteiger partial charge in [0.05, 0.1) is 23.0 Å². The van der Waals surface area contributed by atoms with Crippen molar-refractivity contribution in [2.45, 2.75) is 43.4 Å². The highest BCUT2D eigenvalue weighted by atomic mass is 32.2. The molecule has 1 aromatic heterocycles. The maximum absolute atomic E-state index is 12.1. The lowest BCUT2D eigenvalue weighted by molar-refractivity contribution is 0.356. The Morgan fingerprint density at radius 3 is 2.52 bits per heavy atom. The molecule has 1 N–H and O–H groups in total. The van der Waals surface area contributed by atoms with E-state index in [1.807, 2.05) is 6.07 Å². The number of nitrogens with one attached hydrogen (secondary N) is 1. The predicted molar refractivity (Wildman–Crippen MR) is 87.9 cm³/mol. The molecule has 1 aliphatic carbocycles. The molecule has 0 aliphatic heterocycles. The van der Waals surface area contributed by atoms with Crippen LogP contribution in [0.5, 0.6) is 0 Å². The zero-order valence-corrected chi connectivity index (χ0v) is 14.1. The van der Waals surface area contributed by atoms with Crippen LogP contribution in [-0.2, 0) is 16.4 Å². The van der Waals surface area contributed by atoms with Gasteiger partial charge in [0.2, 0.25) is 10.0 Å². The van der Waals surface area contributed by atoms with Gasteiger partial charge in [0.25, 0.3) is 0 Å². The summed E-state index contributed by atoms with van der Waals surface area (Å²) in [7, 11) is -2.07. The molecule has 1 saturated carbocycles. The molecule has 2 aromatic rings. The minimum absolute atomic E-state index is 0.236. The van der Waals surface area contributed by atoms with E-state index < -0.39 is 10.0 Å². The molecule has 0 bridgehead atoms. The van der Waals surface area contributed by atoms with Gasteiger partial charge in [0, 0.05) is 0 Å². The molecule has 0 amide bonds. The lowest BCUT2D eigenvalue weighted by Gasteiger charge is -2.22. The van der Waals surface area contributed by atoms with Crippen molar-refractivity contribution in [3.05, 3.63) is 36.2 Å². The van der Waals surface area contributed by atoms with Crippen LogP contribution in [0.1, 0.15) is 37.7 Å². The standard InChI is InChI=1S/C16H22N4O2S/c1-17-23(21,22)15-8-7-14(11-13-5-3-2-4-6-13)16(12-15)20-18-9-10-19-20/h7-10,12-13,17H,2-6,11H2,1H3. The summed E-state index contributed by atoms with van der Waals surface area (Å²) in [5.74, 6) is 0.657. The van der Waals surface area contributed by atoms with Crippen molar-refractivity contribution in [1.82, 2.24) is 19.7 Å². The highest BCUT2D eigenvalue weighted by molar-refractivity contribution is 7.89. The summed E-state index contributed by atoms with van der Waals surface area (Å²) in [6, 6.07) is 5.22. The van der Waals surface area contributed by atoms with Crippen LogP contribution in [-0.4, -0.2) is 30.5 Å². The van der Waals surface area contributed by atoms with Crippen LogP contribution in [0, 0.1) is 5.92 Å². The number of aromatic nitrogens is 3. The Labute approximate surface area is 137 Å². The summed E-state index contributed by atoms with van der Waals surface area (Å²) in [6.07, 6.45) is 10.5. The van der Waals surface area contributed by atoms with Crippen LogP contribution in [0.15, 0.2) is 35.5 Å². The van der Waals surface area contributed by atoms with E-state index in [4.69, 9.17) is 0 Å². The monoisotopic (exact) mass is 334 g/mol. The van der Waals surface area contributed by atoms with Crippen molar-refractivity contribution in [1.29, 1.82) is 0 Å². The van der Waals surface area contributed by atoms with Crippen LogP contribution in [0.3, 0.4) is 0 Å². The summed E-state index contributed by atoms with van der Waals surface area (Å²) in [5.41, 5.74) is 1.85. The molecule has 1 fully saturated rings. The molecule has 0 spiro atoms. The maximum atomic E-state index is 12.1. The molecule has 23 heavy (non-hydrogen) atoms. The zero-order chi connectivity index (χ0) is 16.3. The Hall–Kier alpha value is -1.73. The molecule has 1 aliphatic rings. The van der Waals surface area contributed by atoms with Crippen molar-refractivity contribution in [2.75, 3.05) is 7.05 Å². The highest BCUT2D eigenvalue weighted by Gasteiger charge is 2.19. The largest absolute Gasteiger partial charge is 0.240 e. The Kier molecular flexibility index (Phi) is 4.77. The molecule has 3 rings (SSSR count). The summed E-state index contributed by atoms with van der Waals surface area (Å²) in [6.45, 7) is 0. The number of benzene rings is 1. The van der Waals surface area contributed by atoms with E-state index in [9.17, 15) is 8.42 Å². The average Bonchev–Trinajstić information content (AvgIpc) is 3.10. The number of rotatable bonds is 5. The van der Waals surface area contributed by atoms with E-state index in [0.717, 1.165) is 17.7 Å². The second-order valence-electron chi connectivity index (χ2n) is 6.02. The lowest BCUT2D eigenvalue weighted by Crippen LogP contribution is -2.19. The van der Waals surface area contributed by atoms with Gasteiger partial charge < -0.3 is 0 Å². The minimum atomic E-state index is -3.48. The fraction of sp³-hybridized carbons (Fsp3) is 0.500. The first kappa shape index (κ1) is 16.1. The van der Waals surface area contributed by atoms with Gasteiger partial charge >= 0.3 is 0 Å². The van der Waals surface area contributed by atoms with Gasteiger partial charge in [-0.3, -0.25) is 0 Å². The molecule has 0 atom stereocenters. The fourth-order valence-corrected chi connectivity index (χ4v) is 3.98. The Morgan fingerprint density at radius 1 is 1.17 bits per heavy atom. The molecule has 1 heterocycles. The third kappa shape index (κ3) is 3.61. The molecular weight excluding hydrogens is 312 g/mol. The molecule has 7 heteroatoms. The van der Waals surface area contributed by atoms with Gasteiger partial charge in [-0.05, 0) is 37.1 Å². The summed E-state index contributed by atoms with van der Waals surface area (Å²) < 4.78 is 26.5. The van der Waals surface area contributed by atoms with Crippen molar-refractivity contribution >= 4 is 10.0 Å². The predicted octanol–water partition coefficient (Wildman–Crippen LogP) is 2.30. The highest BCUT2D eigenvalue weighted by Crippen LogP contribution is 2.29. The molecule has 0 radical (unpaired) electrons. The molecule has 0 saturated heterocycles. The zero-order valence-electron chi connectivity index (χ0n) is 13.3. The normalized spacial score (nSPS) is 16.6. The number of hydrogen-bond acceptors (Lipinski definition) is 4. The van der Waals surface area contributed by atoms with Gasteiger partial charge in [0.1, 0.15) is 0 Å². The van der Waals surface area contributed by atoms with Crippen LogP contribution in [0.2, 0.25) is 0 Å². The van der Waals surface area contributed by atoms with E-state index in [1.165, 1.54) is 43.9 Å². The van der Waals surface area contributed by atoms with Crippen LogP contribution in [0.4, 0.5) is 0 Å². The Bertz CT molecular complexity index is 750. The Morgan fingerprint density at radius 2 is 1.87 bits per heavy atom. The summed E-state index contributed by atoms with van der Waals surface area (Å²) in [5, 5.41) is 8.36. The Balaban J connectivity index is 1.98. The molecule has 0 unspecified atom stereocenters.